The molecule has 0 bridgehead atoms. The molecule has 1 aliphatic rings. The normalized spacial score (nSPS) is 24.4. The summed E-state index contributed by atoms with van der Waals surface area (Å²) in [5.74, 6) is -0.177. The molecule has 0 saturated carbocycles. The molecule has 1 heterocycles. The Morgan fingerprint density at radius 3 is 2.73 bits per heavy atom. The number of benzene rings is 1. The van der Waals surface area contributed by atoms with Gasteiger partial charge in [-0.1, -0.05) is 13.0 Å². The van der Waals surface area contributed by atoms with Gasteiger partial charge in [-0.3, -0.25) is 4.31 Å². The molecule has 2 rings (SSSR count). The van der Waals surface area contributed by atoms with Gasteiger partial charge in [0.25, 0.3) is 0 Å². The second-order valence-electron chi connectivity index (χ2n) is 3.89. The summed E-state index contributed by atoms with van der Waals surface area (Å²) in [6.07, 6.45) is 0. The van der Waals surface area contributed by atoms with E-state index in [9.17, 15) is 12.8 Å². The highest BCUT2D eigenvalue weighted by molar-refractivity contribution is 7.93. The number of anilines is 1. The Labute approximate surface area is 88.6 Å². The van der Waals surface area contributed by atoms with Crippen LogP contribution in [0.25, 0.3) is 0 Å². The van der Waals surface area contributed by atoms with Crippen molar-refractivity contribution in [3.05, 3.63) is 30.1 Å². The van der Waals surface area contributed by atoms with Gasteiger partial charge in [0.1, 0.15) is 5.82 Å². The van der Waals surface area contributed by atoms with Gasteiger partial charge in [-0.2, -0.15) is 0 Å². The third kappa shape index (κ3) is 1.97. The predicted octanol–water partition coefficient (Wildman–Crippen LogP) is 1.61. The summed E-state index contributed by atoms with van der Waals surface area (Å²) in [4.78, 5) is 0. The molecule has 1 aliphatic heterocycles. The van der Waals surface area contributed by atoms with Crippen LogP contribution in [0.1, 0.15) is 6.92 Å². The molecule has 82 valence electrons. The molecule has 1 aromatic rings. The highest BCUT2D eigenvalue weighted by Gasteiger charge is 2.33. The minimum Gasteiger partial charge on any atom is -0.270 e. The molecule has 5 heteroatoms. The van der Waals surface area contributed by atoms with Crippen LogP contribution >= 0.6 is 0 Å². The average molecular weight is 229 g/mol. The molecule has 0 aliphatic carbocycles. The Hall–Kier alpha value is -1.10. The van der Waals surface area contributed by atoms with Gasteiger partial charge < -0.3 is 0 Å². The van der Waals surface area contributed by atoms with Crippen molar-refractivity contribution in [1.82, 2.24) is 0 Å². The van der Waals surface area contributed by atoms with E-state index < -0.39 is 15.8 Å². The molecule has 0 N–H and O–H groups in total. The molecule has 1 aromatic carbocycles. The predicted molar refractivity (Wildman–Crippen MR) is 56.7 cm³/mol. The molecule has 0 amide bonds. The summed E-state index contributed by atoms with van der Waals surface area (Å²) in [6, 6.07) is 5.67. The van der Waals surface area contributed by atoms with Crippen molar-refractivity contribution in [1.29, 1.82) is 0 Å². The van der Waals surface area contributed by atoms with Crippen LogP contribution in [0, 0.1) is 11.7 Å². The topological polar surface area (TPSA) is 37.4 Å². The largest absolute Gasteiger partial charge is 0.270 e. The van der Waals surface area contributed by atoms with Crippen LogP contribution in [0.4, 0.5) is 10.1 Å². The number of sulfonamides is 1. The average Bonchev–Trinajstić information content (AvgIpc) is 2.39. The van der Waals surface area contributed by atoms with E-state index in [4.69, 9.17) is 0 Å². The Kier molecular flexibility index (Phi) is 2.42. The van der Waals surface area contributed by atoms with Crippen molar-refractivity contribution < 1.29 is 12.8 Å². The fourth-order valence-electron chi connectivity index (χ4n) is 1.80. The molecular formula is C10H12FNO2S. The summed E-state index contributed by atoms with van der Waals surface area (Å²) in [5, 5.41) is 0. The Bertz CT molecular complexity index is 472. The number of rotatable bonds is 1. The zero-order valence-corrected chi connectivity index (χ0v) is 9.17. The van der Waals surface area contributed by atoms with Crippen molar-refractivity contribution in [2.24, 2.45) is 5.92 Å². The van der Waals surface area contributed by atoms with Crippen LogP contribution in [0.2, 0.25) is 0 Å². The molecule has 0 spiro atoms. The highest BCUT2D eigenvalue weighted by Crippen LogP contribution is 2.26. The summed E-state index contributed by atoms with van der Waals surface area (Å²) in [6.45, 7) is 2.31. The minimum atomic E-state index is -3.24. The number of halogens is 1. The maximum atomic E-state index is 12.9. The van der Waals surface area contributed by atoms with Gasteiger partial charge in [-0.25, -0.2) is 12.8 Å². The van der Waals surface area contributed by atoms with Crippen LogP contribution in [0.5, 0.6) is 0 Å². The first-order valence-corrected chi connectivity index (χ1v) is 6.36. The minimum absolute atomic E-state index is 0.0956. The Balaban J connectivity index is 2.40. The zero-order chi connectivity index (χ0) is 11.1. The SMILES string of the molecule is CC1CN(c2cccc(F)c2)S(=O)(=O)C1. The second kappa shape index (κ2) is 3.48. The Morgan fingerprint density at radius 2 is 2.20 bits per heavy atom. The van der Waals surface area contributed by atoms with Crippen LogP contribution in [0.15, 0.2) is 24.3 Å². The van der Waals surface area contributed by atoms with Crippen LogP contribution in [-0.4, -0.2) is 20.7 Å². The molecule has 1 atom stereocenters. The van der Waals surface area contributed by atoms with Crippen molar-refractivity contribution in [3.63, 3.8) is 0 Å². The first-order valence-electron chi connectivity index (χ1n) is 4.75. The van der Waals surface area contributed by atoms with Crippen molar-refractivity contribution >= 4 is 15.7 Å². The molecule has 15 heavy (non-hydrogen) atoms. The zero-order valence-electron chi connectivity index (χ0n) is 8.35. The van der Waals surface area contributed by atoms with E-state index in [0.29, 0.717) is 12.2 Å². The standard InChI is InChI=1S/C10H12FNO2S/c1-8-6-12(15(13,14)7-8)10-4-2-3-9(11)5-10/h2-5,8H,6-7H2,1H3. The second-order valence-corrected chi connectivity index (χ2v) is 5.83. The first-order chi connectivity index (χ1) is 6.99. The summed E-state index contributed by atoms with van der Waals surface area (Å²) in [7, 11) is -3.24. The molecular weight excluding hydrogens is 217 g/mol. The molecule has 1 unspecified atom stereocenters. The monoisotopic (exact) mass is 229 g/mol. The fourth-order valence-corrected chi connectivity index (χ4v) is 3.72. The van der Waals surface area contributed by atoms with Crippen molar-refractivity contribution in [2.75, 3.05) is 16.6 Å². The van der Waals surface area contributed by atoms with Crippen molar-refractivity contribution in [3.8, 4) is 0 Å². The Morgan fingerprint density at radius 1 is 1.47 bits per heavy atom. The maximum Gasteiger partial charge on any atom is 0.235 e. The van der Waals surface area contributed by atoms with Crippen LogP contribution in [-0.2, 0) is 10.0 Å². The van der Waals surface area contributed by atoms with Gasteiger partial charge in [0.05, 0.1) is 11.4 Å². The fraction of sp³-hybridized carbons (Fsp3) is 0.400. The third-order valence-electron chi connectivity index (χ3n) is 2.40. The van der Waals surface area contributed by atoms with Gasteiger partial charge in [0.2, 0.25) is 10.0 Å². The lowest BCUT2D eigenvalue weighted by atomic mass is 10.2. The smallest absolute Gasteiger partial charge is 0.235 e. The van der Waals surface area contributed by atoms with Gasteiger partial charge in [0, 0.05) is 6.54 Å². The molecule has 0 aromatic heterocycles. The molecule has 3 nitrogen and oxygen atoms in total. The summed E-state index contributed by atoms with van der Waals surface area (Å²) < 4.78 is 37.6. The summed E-state index contributed by atoms with van der Waals surface area (Å²) in [5.41, 5.74) is 0.416. The highest BCUT2D eigenvalue weighted by atomic mass is 32.2. The number of hydrogen-bond acceptors (Lipinski definition) is 2. The van der Waals surface area contributed by atoms with Gasteiger partial charge in [-0.15, -0.1) is 0 Å². The van der Waals surface area contributed by atoms with E-state index in [2.05, 4.69) is 0 Å². The lowest BCUT2D eigenvalue weighted by Crippen LogP contribution is -2.25. The number of nitrogens with zero attached hydrogens (tertiary/aromatic N) is 1. The van der Waals surface area contributed by atoms with E-state index >= 15 is 0 Å². The van der Waals surface area contributed by atoms with Crippen LogP contribution in [0.3, 0.4) is 0 Å². The van der Waals surface area contributed by atoms with Crippen molar-refractivity contribution in [2.45, 2.75) is 6.92 Å². The first kappa shape index (κ1) is 10.4. The van der Waals surface area contributed by atoms with Gasteiger partial charge in [-0.05, 0) is 24.1 Å². The quantitative estimate of drug-likeness (QED) is 0.733. The van der Waals surface area contributed by atoms with Crippen LogP contribution < -0.4 is 4.31 Å². The lowest BCUT2D eigenvalue weighted by molar-refractivity contribution is 0.597. The lowest BCUT2D eigenvalue weighted by Gasteiger charge is -2.16. The van der Waals surface area contributed by atoms with E-state index in [0.717, 1.165) is 0 Å². The molecule has 0 radical (unpaired) electrons. The third-order valence-corrected chi connectivity index (χ3v) is 4.43. The van der Waals surface area contributed by atoms with E-state index in [1.807, 2.05) is 6.92 Å². The van der Waals surface area contributed by atoms with E-state index in [1.54, 1.807) is 6.07 Å². The van der Waals surface area contributed by atoms with Gasteiger partial charge >= 0.3 is 0 Å². The molecule has 1 saturated heterocycles. The van der Waals surface area contributed by atoms with E-state index in [-0.39, 0.29) is 11.7 Å². The summed E-state index contributed by atoms with van der Waals surface area (Å²) >= 11 is 0. The van der Waals surface area contributed by atoms with Gasteiger partial charge in [0.15, 0.2) is 0 Å². The molecule has 1 fully saturated rings. The maximum absolute atomic E-state index is 12.9. The van der Waals surface area contributed by atoms with E-state index in [1.165, 1.54) is 22.5 Å². The number of hydrogen-bond donors (Lipinski definition) is 0.